The molecule has 0 fully saturated rings. The first-order chi connectivity index (χ1) is 9.63. The number of benzene rings is 2. The van der Waals surface area contributed by atoms with Gasteiger partial charge in [0.1, 0.15) is 18.2 Å². The van der Waals surface area contributed by atoms with Crippen molar-refractivity contribution in [3.63, 3.8) is 0 Å². The minimum atomic E-state index is -0.343. The first-order valence-electron chi connectivity index (χ1n) is 6.82. The molecule has 0 saturated carbocycles. The van der Waals surface area contributed by atoms with Gasteiger partial charge in [0.2, 0.25) is 0 Å². The maximum absolute atomic E-state index is 13.2. The molecule has 0 bridgehead atoms. The van der Waals surface area contributed by atoms with E-state index in [-0.39, 0.29) is 11.9 Å². The van der Waals surface area contributed by atoms with Crippen LogP contribution in [-0.2, 0) is 13.0 Å². The van der Waals surface area contributed by atoms with Gasteiger partial charge in [-0.1, -0.05) is 12.1 Å². The summed E-state index contributed by atoms with van der Waals surface area (Å²) in [5.74, 6) is 0.521. The molecule has 0 spiro atoms. The highest BCUT2D eigenvalue weighted by Gasteiger charge is 2.20. The van der Waals surface area contributed by atoms with E-state index in [2.05, 4.69) is 0 Å². The van der Waals surface area contributed by atoms with Gasteiger partial charge in [-0.25, -0.2) is 4.39 Å². The fourth-order valence-electron chi connectivity index (χ4n) is 2.62. The van der Waals surface area contributed by atoms with Crippen LogP contribution in [-0.4, -0.2) is 5.11 Å². The second-order valence-electron chi connectivity index (χ2n) is 5.27. The second kappa shape index (κ2) is 5.25. The summed E-state index contributed by atoms with van der Waals surface area (Å²) in [4.78, 5) is 0. The Hall–Kier alpha value is -1.87. The molecule has 20 heavy (non-hydrogen) atoms. The first kappa shape index (κ1) is 13.1. The van der Waals surface area contributed by atoms with E-state index < -0.39 is 0 Å². The number of hydrogen-bond donors (Lipinski definition) is 1. The molecule has 0 amide bonds. The van der Waals surface area contributed by atoms with Crippen molar-refractivity contribution in [3.8, 4) is 5.75 Å². The van der Waals surface area contributed by atoms with Crippen molar-refractivity contribution in [2.24, 2.45) is 0 Å². The van der Waals surface area contributed by atoms with Crippen molar-refractivity contribution in [1.82, 2.24) is 0 Å². The van der Waals surface area contributed by atoms with Gasteiger partial charge in [-0.2, -0.15) is 0 Å². The van der Waals surface area contributed by atoms with Gasteiger partial charge in [0, 0.05) is 0 Å². The summed E-state index contributed by atoms with van der Waals surface area (Å²) in [7, 11) is 0. The third-order valence-electron chi connectivity index (χ3n) is 3.87. The van der Waals surface area contributed by atoms with Crippen LogP contribution in [0.25, 0.3) is 0 Å². The maximum Gasteiger partial charge on any atom is 0.123 e. The Bertz CT molecular complexity index is 637. The van der Waals surface area contributed by atoms with Gasteiger partial charge < -0.3 is 9.84 Å². The molecule has 1 aliphatic rings. The van der Waals surface area contributed by atoms with E-state index >= 15 is 0 Å². The standard InChI is InChI=1S/C17H17FO2/c1-11-2-4-14(18)8-13(11)10-20-15-5-6-16-12(9-15)3-7-17(16)19/h2,4-6,8-9,17,19H,3,7,10H2,1H3. The molecule has 1 N–H and O–H groups in total. The molecule has 2 aromatic carbocycles. The van der Waals surface area contributed by atoms with E-state index in [1.165, 1.54) is 12.1 Å². The van der Waals surface area contributed by atoms with Crippen LogP contribution in [0.5, 0.6) is 5.75 Å². The molecular formula is C17H17FO2. The Balaban J connectivity index is 1.74. The van der Waals surface area contributed by atoms with Gasteiger partial charge in [0.25, 0.3) is 0 Å². The average molecular weight is 272 g/mol. The van der Waals surface area contributed by atoms with Crippen molar-refractivity contribution in [2.75, 3.05) is 0 Å². The highest BCUT2D eigenvalue weighted by molar-refractivity contribution is 5.40. The van der Waals surface area contributed by atoms with E-state index in [1.54, 1.807) is 6.07 Å². The number of halogens is 1. The highest BCUT2D eigenvalue weighted by atomic mass is 19.1. The van der Waals surface area contributed by atoms with Crippen LogP contribution in [0.2, 0.25) is 0 Å². The zero-order valence-corrected chi connectivity index (χ0v) is 11.4. The van der Waals surface area contributed by atoms with E-state index in [0.717, 1.165) is 40.8 Å². The summed E-state index contributed by atoms with van der Waals surface area (Å²) in [6, 6.07) is 10.5. The Morgan fingerprint density at radius 2 is 2.10 bits per heavy atom. The zero-order chi connectivity index (χ0) is 14.1. The zero-order valence-electron chi connectivity index (χ0n) is 11.4. The summed E-state index contributed by atoms with van der Waals surface area (Å²) < 4.78 is 19.0. The van der Waals surface area contributed by atoms with Gasteiger partial charge in [-0.3, -0.25) is 0 Å². The van der Waals surface area contributed by atoms with Crippen LogP contribution in [0.1, 0.15) is 34.8 Å². The fraction of sp³-hybridized carbons (Fsp3) is 0.294. The maximum atomic E-state index is 13.2. The molecule has 0 saturated heterocycles. The van der Waals surface area contributed by atoms with E-state index in [1.807, 2.05) is 25.1 Å². The topological polar surface area (TPSA) is 29.5 Å². The Labute approximate surface area is 117 Å². The highest BCUT2D eigenvalue weighted by Crippen LogP contribution is 2.33. The van der Waals surface area contributed by atoms with Crippen LogP contribution in [0.15, 0.2) is 36.4 Å². The predicted molar refractivity (Wildman–Crippen MR) is 75.2 cm³/mol. The number of ether oxygens (including phenoxy) is 1. The molecule has 3 heteroatoms. The van der Waals surface area contributed by atoms with Crippen LogP contribution in [0.4, 0.5) is 4.39 Å². The molecule has 104 valence electrons. The summed E-state index contributed by atoms with van der Waals surface area (Å²) in [6.07, 6.45) is 1.32. The van der Waals surface area contributed by atoms with Crippen LogP contribution in [0.3, 0.4) is 0 Å². The molecule has 1 aliphatic carbocycles. The molecule has 2 nitrogen and oxygen atoms in total. The van der Waals surface area contributed by atoms with Crippen LogP contribution < -0.4 is 4.74 Å². The van der Waals surface area contributed by atoms with Gasteiger partial charge in [-0.05, 0) is 66.3 Å². The van der Waals surface area contributed by atoms with Crippen molar-refractivity contribution >= 4 is 0 Å². The summed E-state index contributed by atoms with van der Waals surface area (Å²) in [5, 5.41) is 9.76. The Kier molecular flexibility index (Phi) is 3.45. The third-order valence-corrected chi connectivity index (χ3v) is 3.87. The SMILES string of the molecule is Cc1ccc(F)cc1COc1ccc2c(c1)CCC2O. The van der Waals surface area contributed by atoms with Gasteiger partial charge in [0.15, 0.2) is 0 Å². The largest absolute Gasteiger partial charge is 0.489 e. The summed E-state index contributed by atoms with van der Waals surface area (Å²) in [6.45, 7) is 2.29. The van der Waals surface area contributed by atoms with Crippen molar-refractivity contribution in [3.05, 3.63) is 64.5 Å². The fourth-order valence-corrected chi connectivity index (χ4v) is 2.62. The lowest BCUT2D eigenvalue weighted by Crippen LogP contribution is -1.99. The summed E-state index contributed by atoms with van der Waals surface area (Å²) >= 11 is 0. The Morgan fingerprint density at radius 1 is 1.25 bits per heavy atom. The second-order valence-corrected chi connectivity index (χ2v) is 5.27. The smallest absolute Gasteiger partial charge is 0.123 e. The first-order valence-corrected chi connectivity index (χ1v) is 6.82. The molecule has 1 unspecified atom stereocenters. The molecule has 1 atom stereocenters. The van der Waals surface area contributed by atoms with Crippen molar-refractivity contribution in [1.29, 1.82) is 0 Å². The van der Waals surface area contributed by atoms with Crippen molar-refractivity contribution in [2.45, 2.75) is 32.5 Å². The minimum Gasteiger partial charge on any atom is -0.489 e. The van der Waals surface area contributed by atoms with E-state index in [9.17, 15) is 9.50 Å². The molecule has 3 rings (SSSR count). The lowest BCUT2D eigenvalue weighted by atomic mass is 10.1. The lowest BCUT2D eigenvalue weighted by molar-refractivity contribution is 0.180. The monoisotopic (exact) mass is 272 g/mol. The minimum absolute atomic E-state index is 0.244. The Morgan fingerprint density at radius 3 is 2.95 bits per heavy atom. The number of aliphatic hydroxyl groups is 1. The summed E-state index contributed by atoms with van der Waals surface area (Å²) in [5.41, 5.74) is 4.01. The average Bonchev–Trinajstić information content (AvgIpc) is 2.81. The molecule has 0 aliphatic heterocycles. The normalized spacial score (nSPS) is 17.1. The van der Waals surface area contributed by atoms with E-state index in [0.29, 0.717) is 6.61 Å². The van der Waals surface area contributed by atoms with Crippen LogP contribution in [0, 0.1) is 12.7 Å². The number of hydrogen-bond acceptors (Lipinski definition) is 2. The van der Waals surface area contributed by atoms with E-state index in [4.69, 9.17) is 4.74 Å². The number of aliphatic hydroxyl groups excluding tert-OH is 1. The van der Waals surface area contributed by atoms with Gasteiger partial charge in [-0.15, -0.1) is 0 Å². The molecule has 0 aromatic heterocycles. The predicted octanol–water partition coefficient (Wildman–Crippen LogP) is 3.69. The van der Waals surface area contributed by atoms with Gasteiger partial charge >= 0.3 is 0 Å². The molecule has 0 heterocycles. The number of aryl methyl sites for hydroxylation is 2. The lowest BCUT2D eigenvalue weighted by Gasteiger charge is -2.11. The molecule has 2 aromatic rings. The van der Waals surface area contributed by atoms with Crippen LogP contribution >= 0.6 is 0 Å². The molecular weight excluding hydrogens is 255 g/mol. The molecule has 0 radical (unpaired) electrons. The quantitative estimate of drug-likeness (QED) is 0.923. The third kappa shape index (κ3) is 2.54. The van der Waals surface area contributed by atoms with Gasteiger partial charge in [0.05, 0.1) is 6.10 Å². The number of rotatable bonds is 3. The number of fused-ring (bicyclic) bond motifs is 1. The van der Waals surface area contributed by atoms with Crippen molar-refractivity contribution < 1.29 is 14.2 Å².